The Labute approximate surface area is 267 Å². The molecule has 0 aliphatic carbocycles. The number of carbonyl (C=O) groups is 4. The number of para-hydroxylation sites is 2. The molecule has 0 aliphatic rings. The number of amides is 2. The molecule has 5 rings (SSSR count). The van der Waals surface area contributed by atoms with Crippen molar-refractivity contribution in [3.63, 3.8) is 0 Å². The van der Waals surface area contributed by atoms with E-state index >= 15 is 0 Å². The zero-order valence-electron chi connectivity index (χ0n) is 25.8. The van der Waals surface area contributed by atoms with Crippen LogP contribution >= 0.6 is 0 Å². The van der Waals surface area contributed by atoms with Crippen LogP contribution < -0.4 is 15.5 Å². The van der Waals surface area contributed by atoms with Gasteiger partial charge in [0.25, 0.3) is 0 Å². The number of rotatable bonds is 13. The van der Waals surface area contributed by atoms with Crippen LogP contribution in [0.25, 0.3) is 16.6 Å². The lowest BCUT2D eigenvalue weighted by Gasteiger charge is -2.18. The SMILES string of the molecule is CN(C)c1ccc(C(=O)c2ccccc2-n2cc(NC(=O)[C@H](Cc3ccccc3)NC(=O)CCCC(=O)O)c3ccccc32)cc1. The van der Waals surface area contributed by atoms with E-state index in [2.05, 4.69) is 10.6 Å². The van der Waals surface area contributed by atoms with Gasteiger partial charge in [-0.15, -0.1) is 0 Å². The first-order valence-corrected chi connectivity index (χ1v) is 15.1. The first kappa shape index (κ1) is 31.7. The summed E-state index contributed by atoms with van der Waals surface area (Å²) < 4.78 is 1.89. The van der Waals surface area contributed by atoms with Gasteiger partial charge in [0.05, 0.1) is 16.9 Å². The van der Waals surface area contributed by atoms with E-state index < -0.39 is 23.8 Å². The van der Waals surface area contributed by atoms with Crippen molar-refractivity contribution >= 4 is 45.8 Å². The molecule has 9 nitrogen and oxygen atoms in total. The van der Waals surface area contributed by atoms with Gasteiger partial charge in [0, 0.05) is 61.8 Å². The highest BCUT2D eigenvalue weighted by atomic mass is 16.4. The molecular weight excluding hydrogens is 580 g/mol. The Kier molecular flexibility index (Phi) is 9.92. The Morgan fingerprint density at radius 1 is 0.804 bits per heavy atom. The number of benzene rings is 4. The summed E-state index contributed by atoms with van der Waals surface area (Å²) in [5.74, 6) is -1.92. The number of carboxylic acid groups (broad SMARTS) is 1. The highest BCUT2D eigenvalue weighted by Gasteiger charge is 2.24. The first-order chi connectivity index (χ1) is 22.2. The van der Waals surface area contributed by atoms with Crippen LogP contribution in [0.15, 0.2) is 109 Å². The minimum absolute atomic E-state index is 0.00708. The average Bonchev–Trinajstić information content (AvgIpc) is 3.42. The van der Waals surface area contributed by atoms with Gasteiger partial charge in [0.1, 0.15) is 6.04 Å². The predicted octanol–water partition coefficient (Wildman–Crippen LogP) is 5.85. The number of anilines is 2. The van der Waals surface area contributed by atoms with Gasteiger partial charge in [0.2, 0.25) is 11.8 Å². The summed E-state index contributed by atoms with van der Waals surface area (Å²) in [6.45, 7) is 0. The molecule has 1 atom stereocenters. The van der Waals surface area contributed by atoms with E-state index in [4.69, 9.17) is 5.11 Å². The van der Waals surface area contributed by atoms with Crippen LogP contribution in [0.2, 0.25) is 0 Å². The summed E-state index contributed by atoms with van der Waals surface area (Å²) in [5.41, 5.74) is 4.90. The molecule has 0 radical (unpaired) electrons. The van der Waals surface area contributed by atoms with Gasteiger partial charge in [-0.05, 0) is 54.4 Å². The number of aliphatic carboxylic acids is 1. The predicted molar refractivity (Wildman–Crippen MR) is 180 cm³/mol. The maximum absolute atomic E-state index is 13.8. The molecule has 3 N–H and O–H groups in total. The van der Waals surface area contributed by atoms with Gasteiger partial charge in [-0.2, -0.15) is 0 Å². The van der Waals surface area contributed by atoms with E-state index in [1.54, 1.807) is 12.3 Å². The molecule has 2 amide bonds. The van der Waals surface area contributed by atoms with Crippen LogP contribution in [0.3, 0.4) is 0 Å². The average molecular weight is 617 g/mol. The summed E-state index contributed by atoms with van der Waals surface area (Å²) >= 11 is 0. The van der Waals surface area contributed by atoms with Crippen molar-refractivity contribution in [3.05, 3.63) is 126 Å². The summed E-state index contributed by atoms with van der Waals surface area (Å²) in [6.07, 6.45) is 2.07. The summed E-state index contributed by atoms with van der Waals surface area (Å²) in [4.78, 5) is 53.1. The molecule has 46 heavy (non-hydrogen) atoms. The summed E-state index contributed by atoms with van der Waals surface area (Å²) in [5, 5.41) is 15.5. The molecular formula is C37H36N4O5. The minimum atomic E-state index is -0.978. The number of hydrogen-bond donors (Lipinski definition) is 3. The lowest BCUT2D eigenvalue weighted by molar-refractivity contribution is -0.137. The van der Waals surface area contributed by atoms with Gasteiger partial charge in [-0.1, -0.05) is 60.7 Å². The van der Waals surface area contributed by atoms with Gasteiger partial charge >= 0.3 is 5.97 Å². The van der Waals surface area contributed by atoms with Crippen molar-refractivity contribution in [3.8, 4) is 5.69 Å². The Morgan fingerprint density at radius 3 is 2.20 bits per heavy atom. The van der Waals surface area contributed by atoms with Crippen molar-refractivity contribution in [2.75, 3.05) is 24.3 Å². The van der Waals surface area contributed by atoms with Crippen molar-refractivity contribution in [1.29, 1.82) is 0 Å². The number of ketones is 1. The normalized spacial score (nSPS) is 11.5. The van der Waals surface area contributed by atoms with E-state index in [1.807, 2.05) is 121 Å². The Balaban J connectivity index is 1.45. The number of carboxylic acids is 1. The quantitative estimate of drug-likeness (QED) is 0.143. The minimum Gasteiger partial charge on any atom is -0.481 e. The molecule has 0 bridgehead atoms. The second-order valence-corrected chi connectivity index (χ2v) is 11.3. The largest absolute Gasteiger partial charge is 0.481 e. The van der Waals surface area contributed by atoms with E-state index in [1.165, 1.54) is 0 Å². The van der Waals surface area contributed by atoms with Crippen molar-refractivity contribution in [2.24, 2.45) is 0 Å². The van der Waals surface area contributed by atoms with Crippen LogP contribution in [0.1, 0.15) is 40.7 Å². The van der Waals surface area contributed by atoms with Gasteiger partial charge in [0.15, 0.2) is 5.78 Å². The standard InChI is InChI=1S/C37H36N4O5/c1-40(2)27-21-19-26(20-22-27)36(45)29-14-7-9-16-33(29)41-24-31(28-13-6-8-15-32(28)41)39-37(46)30(23-25-11-4-3-5-12-25)38-34(42)17-10-18-35(43)44/h3-9,11-16,19-22,24,30H,10,17-18,23H2,1-2H3,(H,38,42)(H,39,46)(H,43,44)/t30-/m0/s1. The molecule has 0 saturated carbocycles. The van der Waals surface area contributed by atoms with Crippen molar-refractivity contribution in [2.45, 2.75) is 31.7 Å². The molecule has 0 spiro atoms. The van der Waals surface area contributed by atoms with Gasteiger partial charge in [-0.25, -0.2) is 0 Å². The molecule has 0 fully saturated rings. The highest BCUT2D eigenvalue weighted by Crippen LogP contribution is 2.31. The van der Waals surface area contributed by atoms with E-state index in [0.717, 1.165) is 22.2 Å². The second-order valence-electron chi connectivity index (χ2n) is 11.3. The molecule has 1 aromatic heterocycles. The van der Waals surface area contributed by atoms with Crippen LogP contribution in [0, 0.1) is 0 Å². The summed E-state index contributed by atoms with van der Waals surface area (Å²) in [7, 11) is 3.89. The third kappa shape index (κ3) is 7.50. The molecule has 9 heteroatoms. The number of aromatic nitrogens is 1. The van der Waals surface area contributed by atoms with Crippen LogP contribution in [0.5, 0.6) is 0 Å². The van der Waals surface area contributed by atoms with Crippen LogP contribution in [0.4, 0.5) is 11.4 Å². The zero-order valence-corrected chi connectivity index (χ0v) is 25.8. The molecule has 0 unspecified atom stereocenters. The summed E-state index contributed by atoms with van der Waals surface area (Å²) in [6, 6.07) is 30.8. The monoisotopic (exact) mass is 616 g/mol. The molecule has 5 aromatic rings. The number of nitrogens with zero attached hydrogens (tertiary/aromatic N) is 2. The molecule has 0 aliphatic heterocycles. The second kappa shape index (κ2) is 14.4. The molecule has 1 heterocycles. The van der Waals surface area contributed by atoms with Gasteiger partial charge in [-0.3, -0.25) is 19.2 Å². The lowest BCUT2D eigenvalue weighted by Crippen LogP contribution is -2.45. The topological polar surface area (TPSA) is 121 Å². The van der Waals surface area contributed by atoms with E-state index in [9.17, 15) is 19.2 Å². The van der Waals surface area contributed by atoms with Crippen molar-refractivity contribution < 1.29 is 24.3 Å². The Bertz CT molecular complexity index is 1860. The van der Waals surface area contributed by atoms with Crippen molar-refractivity contribution in [1.82, 2.24) is 9.88 Å². The van der Waals surface area contributed by atoms with Crippen LogP contribution in [-0.2, 0) is 20.8 Å². The fraction of sp³-hybridized carbons (Fsp3) is 0.189. The van der Waals surface area contributed by atoms with Gasteiger partial charge < -0.3 is 25.2 Å². The zero-order chi connectivity index (χ0) is 32.6. The number of fused-ring (bicyclic) bond motifs is 1. The fourth-order valence-electron chi connectivity index (χ4n) is 5.37. The molecule has 4 aromatic carbocycles. The molecule has 0 saturated heterocycles. The Hall–Kier alpha value is -5.70. The Morgan fingerprint density at radius 2 is 1.48 bits per heavy atom. The fourth-order valence-corrected chi connectivity index (χ4v) is 5.37. The number of carbonyl (C=O) groups excluding carboxylic acids is 3. The maximum atomic E-state index is 13.8. The maximum Gasteiger partial charge on any atom is 0.303 e. The highest BCUT2D eigenvalue weighted by molar-refractivity contribution is 6.12. The smallest absolute Gasteiger partial charge is 0.303 e. The van der Waals surface area contributed by atoms with E-state index in [-0.39, 0.29) is 31.5 Å². The third-order valence-corrected chi connectivity index (χ3v) is 7.75. The van der Waals surface area contributed by atoms with E-state index in [0.29, 0.717) is 22.5 Å². The number of hydrogen-bond acceptors (Lipinski definition) is 5. The lowest BCUT2D eigenvalue weighted by atomic mass is 10.0. The first-order valence-electron chi connectivity index (χ1n) is 15.1. The number of nitrogens with one attached hydrogen (secondary N) is 2. The third-order valence-electron chi connectivity index (χ3n) is 7.75. The van der Waals surface area contributed by atoms with Crippen LogP contribution in [-0.4, -0.2) is 53.4 Å². The molecule has 234 valence electrons.